The van der Waals surface area contributed by atoms with Gasteiger partial charge in [-0.1, -0.05) is 65.8 Å². The Morgan fingerprint density at radius 3 is 1.91 bits per heavy atom. The molecule has 0 aliphatic rings. The SMILES string of the molecule is CC.CC.Cc1cc(C(C)C)ccc1C=N.Cc1cccnc1. The van der Waals surface area contributed by atoms with Crippen molar-refractivity contribution in [2.75, 3.05) is 0 Å². The second kappa shape index (κ2) is 15.0. The number of hydrogen-bond acceptors (Lipinski definition) is 2. The third-order valence-electron chi connectivity index (χ3n) is 2.93. The van der Waals surface area contributed by atoms with Crippen LogP contribution in [0.2, 0.25) is 0 Å². The van der Waals surface area contributed by atoms with Gasteiger partial charge in [0, 0.05) is 18.6 Å². The van der Waals surface area contributed by atoms with E-state index in [0.717, 1.165) is 5.56 Å². The van der Waals surface area contributed by atoms with E-state index >= 15 is 0 Å². The van der Waals surface area contributed by atoms with Gasteiger partial charge in [0.1, 0.15) is 0 Å². The molecule has 23 heavy (non-hydrogen) atoms. The van der Waals surface area contributed by atoms with Gasteiger partial charge in [-0.25, -0.2) is 0 Å². The minimum absolute atomic E-state index is 0.573. The van der Waals surface area contributed by atoms with E-state index in [1.807, 2.05) is 65.9 Å². The summed E-state index contributed by atoms with van der Waals surface area (Å²) in [5.41, 5.74) is 4.76. The first-order valence-corrected chi connectivity index (χ1v) is 8.52. The molecule has 2 aromatic rings. The highest BCUT2D eigenvalue weighted by molar-refractivity contribution is 5.79. The van der Waals surface area contributed by atoms with Crippen LogP contribution in [-0.2, 0) is 0 Å². The van der Waals surface area contributed by atoms with Crippen LogP contribution in [0.4, 0.5) is 0 Å². The molecule has 2 rings (SSSR count). The number of aromatic nitrogens is 1. The van der Waals surface area contributed by atoms with E-state index in [0.29, 0.717) is 5.92 Å². The molecule has 1 heterocycles. The van der Waals surface area contributed by atoms with Crippen molar-refractivity contribution in [2.24, 2.45) is 0 Å². The molecule has 1 N–H and O–H groups in total. The zero-order valence-electron chi connectivity index (χ0n) is 16.1. The molecule has 0 atom stereocenters. The van der Waals surface area contributed by atoms with E-state index in [1.165, 1.54) is 22.9 Å². The summed E-state index contributed by atoms with van der Waals surface area (Å²) >= 11 is 0. The summed E-state index contributed by atoms with van der Waals surface area (Å²) < 4.78 is 0. The number of nitrogens with zero attached hydrogens (tertiary/aromatic N) is 1. The number of pyridine rings is 1. The average Bonchev–Trinajstić information content (AvgIpc) is 2.59. The van der Waals surface area contributed by atoms with Crippen molar-refractivity contribution < 1.29 is 0 Å². The molecule has 0 aliphatic carbocycles. The summed E-state index contributed by atoms with van der Waals surface area (Å²) in [5.74, 6) is 0.573. The molecule has 128 valence electrons. The first kappa shape index (κ1) is 23.3. The zero-order valence-corrected chi connectivity index (χ0v) is 16.1. The smallest absolute Gasteiger partial charge is 0.0297 e. The second-order valence-electron chi connectivity index (χ2n) is 4.95. The van der Waals surface area contributed by atoms with Gasteiger partial charge in [-0.15, -0.1) is 0 Å². The van der Waals surface area contributed by atoms with Gasteiger partial charge in [0.05, 0.1) is 0 Å². The van der Waals surface area contributed by atoms with Crippen LogP contribution in [0.15, 0.2) is 42.7 Å². The van der Waals surface area contributed by atoms with E-state index < -0.39 is 0 Å². The topological polar surface area (TPSA) is 36.7 Å². The van der Waals surface area contributed by atoms with Crippen LogP contribution in [0.3, 0.4) is 0 Å². The molecule has 0 fully saturated rings. The fourth-order valence-corrected chi connectivity index (χ4v) is 1.67. The molecule has 0 saturated heterocycles. The van der Waals surface area contributed by atoms with Crippen molar-refractivity contribution in [3.8, 4) is 0 Å². The molecule has 0 amide bonds. The van der Waals surface area contributed by atoms with Gasteiger partial charge in [0.15, 0.2) is 0 Å². The average molecular weight is 315 g/mol. The van der Waals surface area contributed by atoms with Crippen molar-refractivity contribution in [2.45, 2.75) is 61.3 Å². The lowest BCUT2D eigenvalue weighted by Crippen LogP contribution is -1.91. The quantitative estimate of drug-likeness (QED) is 0.626. The van der Waals surface area contributed by atoms with Crippen molar-refractivity contribution >= 4 is 6.21 Å². The predicted octanol–water partition coefficient (Wildman–Crippen LogP) is 6.56. The lowest BCUT2D eigenvalue weighted by Gasteiger charge is -2.07. The minimum Gasteiger partial charge on any atom is -0.308 e. The Hall–Kier alpha value is -1.96. The van der Waals surface area contributed by atoms with Crippen LogP contribution in [0.25, 0.3) is 0 Å². The molecule has 0 unspecified atom stereocenters. The Balaban J connectivity index is 0. The van der Waals surface area contributed by atoms with Crippen molar-refractivity contribution in [1.82, 2.24) is 4.98 Å². The van der Waals surface area contributed by atoms with Crippen LogP contribution in [-0.4, -0.2) is 11.2 Å². The molecular weight excluding hydrogens is 280 g/mol. The summed E-state index contributed by atoms with van der Waals surface area (Å²) in [6.07, 6.45) is 5.01. The molecule has 0 bridgehead atoms. The van der Waals surface area contributed by atoms with Gasteiger partial charge < -0.3 is 5.41 Å². The molecule has 0 spiro atoms. The van der Waals surface area contributed by atoms with E-state index in [-0.39, 0.29) is 0 Å². The first-order valence-electron chi connectivity index (χ1n) is 8.52. The lowest BCUT2D eigenvalue weighted by atomic mass is 9.98. The van der Waals surface area contributed by atoms with Crippen LogP contribution in [0, 0.1) is 19.3 Å². The maximum atomic E-state index is 7.14. The van der Waals surface area contributed by atoms with Crippen LogP contribution in [0.1, 0.15) is 69.7 Å². The van der Waals surface area contributed by atoms with Gasteiger partial charge in [-0.2, -0.15) is 0 Å². The Labute approximate surface area is 143 Å². The fraction of sp³-hybridized carbons (Fsp3) is 0.429. The molecule has 1 aromatic heterocycles. The third-order valence-corrected chi connectivity index (χ3v) is 2.93. The number of rotatable bonds is 2. The zero-order chi connectivity index (χ0) is 18.3. The Kier molecular flexibility index (Phi) is 15.2. The van der Waals surface area contributed by atoms with E-state index in [4.69, 9.17) is 5.41 Å². The van der Waals surface area contributed by atoms with Crippen molar-refractivity contribution in [3.05, 3.63) is 65.0 Å². The maximum Gasteiger partial charge on any atom is 0.0297 e. The monoisotopic (exact) mass is 314 g/mol. The summed E-state index contributed by atoms with van der Waals surface area (Å²) in [5, 5.41) is 7.14. The standard InChI is InChI=1S/C11H15N.C6H7N.2C2H6/c1-8(2)10-4-5-11(7-12)9(3)6-10;1-6-3-2-4-7-5-6;2*1-2/h4-8,12H,1-3H3;2-5H,1H3;2*1-2H3. The van der Waals surface area contributed by atoms with Crippen LogP contribution >= 0.6 is 0 Å². The van der Waals surface area contributed by atoms with E-state index in [2.05, 4.69) is 31.0 Å². The molecule has 2 heteroatoms. The number of aryl methyl sites for hydroxylation is 2. The predicted molar refractivity (Wildman–Crippen MR) is 105 cm³/mol. The molecule has 0 aliphatic heterocycles. The number of hydrogen-bond donors (Lipinski definition) is 1. The van der Waals surface area contributed by atoms with Gasteiger partial charge in [0.2, 0.25) is 0 Å². The van der Waals surface area contributed by atoms with Crippen molar-refractivity contribution in [3.63, 3.8) is 0 Å². The molecule has 1 aromatic carbocycles. The highest BCUT2D eigenvalue weighted by Gasteiger charge is 2.00. The van der Waals surface area contributed by atoms with E-state index in [9.17, 15) is 0 Å². The van der Waals surface area contributed by atoms with Gasteiger partial charge in [0.25, 0.3) is 0 Å². The summed E-state index contributed by atoms with van der Waals surface area (Å²) in [6.45, 7) is 16.4. The highest BCUT2D eigenvalue weighted by Crippen LogP contribution is 2.17. The van der Waals surface area contributed by atoms with Gasteiger partial charge in [-0.05, 0) is 48.1 Å². The maximum absolute atomic E-state index is 7.14. The molecule has 0 saturated carbocycles. The highest BCUT2D eigenvalue weighted by atomic mass is 14.6. The van der Waals surface area contributed by atoms with Crippen LogP contribution in [0.5, 0.6) is 0 Å². The number of benzene rings is 1. The third kappa shape index (κ3) is 10.4. The first-order chi connectivity index (χ1) is 11.0. The normalized spacial score (nSPS) is 8.57. The number of nitrogens with one attached hydrogen (secondary N) is 1. The van der Waals surface area contributed by atoms with Gasteiger partial charge >= 0.3 is 0 Å². The second-order valence-corrected chi connectivity index (χ2v) is 4.95. The minimum atomic E-state index is 0.573. The lowest BCUT2D eigenvalue weighted by molar-refractivity contribution is 0.865. The molecular formula is C21H34N2. The molecule has 2 nitrogen and oxygen atoms in total. The van der Waals surface area contributed by atoms with Gasteiger partial charge in [-0.3, -0.25) is 4.98 Å². The summed E-state index contributed by atoms with van der Waals surface area (Å²) in [4.78, 5) is 3.88. The largest absolute Gasteiger partial charge is 0.308 e. The Bertz CT molecular complexity index is 517. The van der Waals surface area contributed by atoms with Crippen LogP contribution < -0.4 is 0 Å². The Morgan fingerprint density at radius 2 is 1.61 bits per heavy atom. The summed E-state index contributed by atoms with van der Waals surface area (Å²) in [6, 6.07) is 10.2. The molecule has 0 radical (unpaired) electrons. The van der Waals surface area contributed by atoms with Crippen molar-refractivity contribution in [1.29, 1.82) is 5.41 Å². The summed E-state index contributed by atoms with van der Waals surface area (Å²) in [7, 11) is 0. The Morgan fingerprint density at radius 1 is 1.00 bits per heavy atom. The fourth-order valence-electron chi connectivity index (χ4n) is 1.67. The van der Waals surface area contributed by atoms with E-state index in [1.54, 1.807) is 6.20 Å².